The van der Waals surface area contributed by atoms with Crippen LogP contribution in [0, 0.1) is 5.92 Å². The first-order valence-electron chi connectivity index (χ1n) is 9.76. The van der Waals surface area contributed by atoms with Crippen LogP contribution in [0.15, 0.2) is 35.1 Å². The molecule has 0 saturated carbocycles. The van der Waals surface area contributed by atoms with Gasteiger partial charge in [-0.25, -0.2) is 4.98 Å². The summed E-state index contributed by atoms with van der Waals surface area (Å²) in [6.45, 7) is 4.77. The van der Waals surface area contributed by atoms with Gasteiger partial charge in [0, 0.05) is 29.8 Å². The van der Waals surface area contributed by atoms with E-state index in [2.05, 4.69) is 33.9 Å². The molecule has 0 radical (unpaired) electrons. The van der Waals surface area contributed by atoms with Crippen molar-refractivity contribution in [1.29, 1.82) is 0 Å². The minimum Gasteiger partial charge on any atom is -0.369 e. The molecule has 1 aromatic carbocycles. The number of primary amides is 1. The molecule has 2 aromatic rings. The first kappa shape index (κ1) is 19.3. The van der Waals surface area contributed by atoms with Crippen molar-refractivity contribution in [2.45, 2.75) is 45.6 Å². The summed E-state index contributed by atoms with van der Waals surface area (Å²) in [5, 5.41) is 0. The van der Waals surface area contributed by atoms with Crippen LogP contribution in [0.2, 0.25) is 0 Å². The van der Waals surface area contributed by atoms with Gasteiger partial charge in [0.2, 0.25) is 5.91 Å². The predicted molar refractivity (Wildman–Crippen MR) is 106 cm³/mol. The van der Waals surface area contributed by atoms with Crippen LogP contribution in [0.5, 0.6) is 0 Å². The number of carbonyl (C=O) groups excluding carboxylic acids is 1. The van der Waals surface area contributed by atoms with Crippen molar-refractivity contribution in [3.05, 3.63) is 51.9 Å². The predicted octanol–water partition coefficient (Wildman–Crippen LogP) is 2.48. The highest BCUT2D eigenvalue weighted by Crippen LogP contribution is 2.20. The number of nitrogens with zero attached hydrogens (tertiary/aromatic N) is 2. The van der Waals surface area contributed by atoms with Gasteiger partial charge in [-0.3, -0.25) is 14.5 Å². The third-order valence-electron chi connectivity index (χ3n) is 5.20. The van der Waals surface area contributed by atoms with Crippen LogP contribution in [-0.2, 0) is 17.8 Å². The molecule has 2 heterocycles. The van der Waals surface area contributed by atoms with E-state index < -0.39 is 0 Å². The maximum absolute atomic E-state index is 11.9. The lowest BCUT2D eigenvalue weighted by atomic mass is 9.96. The molecule has 3 rings (SSSR count). The van der Waals surface area contributed by atoms with Crippen molar-refractivity contribution in [2.24, 2.45) is 11.7 Å². The number of H-pyrrole nitrogens is 1. The van der Waals surface area contributed by atoms with Gasteiger partial charge in [0.05, 0.1) is 0 Å². The number of nitrogens with one attached hydrogen (secondary N) is 1. The summed E-state index contributed by atoms with van der Waals surface area (Å²) < 4.78 is 0. The third kappa shape index (κ3) is 5.26. The van der Waals surface area contributed by atoms with E-state index in [9.17, 15) is 9.59 Å². The number of amides is 1. The molecule has 1 aromatic heterocycles. The summed E-state index contributed by atoms with van der Waals surface area (Å²) in [6.07, 6.45) is 4.61. The van der Waals surface area contributed by atoms with Crippen molar-refractivity contribution in [3.8, 4) is 11.4 Å². The maximum atomic E-state index is 11.9. The SMILES string of the molecule is CCCCc1cc(=O)[nH]c(-c2ccc(CN3CCC(C(N)=O)CC3)cc2)n1. The van der Waals surface area contributed by atoms with Gasteiger partial charge < -0.3 is 10.7 Å². The fraction of sp³-hybridized carbons (Fsp3) is 0.476. The van der Waals surface area contributed by atoms with Crippen LogP contribution in [0.25, 0.3) is 11.4 Å². The van der Waals surface area contributed by atoms with Gasteiger partial charge in [-0.2, -0.15) is 0 Å². The van der Waals surface area contributed by atoms with Crippen LogP contribution < -0.4 is 11.3 Å². The Hall–Kier alpha value is -2.47. The van der Waals surface area contributed by atoms with Gasteiger partial charge in [0.1, 0.15) is 5.82 Å². The number of hydrogen-bond donors (Lipinski definition) is 2. The summed E-state index contributed by atoms with van der Waals surface area (Å²) in [5.41, 5.74) is 8.26. The zero-order valence-electron chi connectivity index (χ0n) is 15.9. The number of benzene rings is 1. The number of carbonyl (C=O) groups is 1. The molecule has 0 bridgehead atoms. The molecule has 6 heteroatoms. The Kier molecular flexibility index (Phi) is 6.40. The van der Waals surface area contributed by atoms with Crippen molar-refractivity contribution in [3.63, 3.8) is 0 Å². The van der Waals surface area contributed by atoms with E-state index in [1.807, 2.05) is 12.1 Å². The Morgan fingerprint density at radius 2 is 1.96 bits per heavy atom. The second kappa shape index (κ2) is 8.95. The van der Waals surface area contributed by atoms with Crippen molar-refractivity contribution in [1.82, 2.24) is 14.9 Å². The molecule has 0 unspecified atom stereocenters. The minimum absolute atomic E-state index is 0.0199. The molecule has 144 valence electrons. The zero-order chi connectivity index (χ0) is 19.2. The molecule has 6 nitrogen and oxygen atoms in total. The number of aromatic nitrogens is 2. The third-order valence-corrected chi connectivity index (χ3v) is 5.20. The Morgan fingerprint density at radius 1 is 1.26 bits per heavy atom. The second-order valence-electron chi connectivity index (χ2n) is 7.34. The Labute approximate surface area is 159 Å². The number of likely N-dealkylation sites (tertiary alicyclic amines) is 1. The van der Waals surface area contributed by atoms with Gasteiger partial charge in [-0.05, 0) is 44.3 Å². The largest absolute Gasteiger partial charge is 0.369 e. The Bertz CT molecular complexity index is 821. The van der Waals surface area contributed by atoms with E-state index in [0.29, 0.717) is 5.82 Å². The summed E-state index contributed by atoms with van der Waals surface area (Å²) in [6, 6.07) is 9.76. The molecule has 1 aliphatic heterocycles. The molecular weight excluding hydrogens is 340 g/mol. The lowest BCUT2D eigenvalue weighted by molar-refractivity contribution is -0.123. The quantitative estimate of drug-likeness (QED) is 0.785. The number of rotatable bonds is 7. The number of nitrogens with two attached hydrogens (primary N) is 1. The summed E-state index contributed by atoms with van der Waals surface area (Å²) >= 11 is 0. The fourth-order valence-corrected chi connectivity index (χ4v) is 3.53. The number of aromatic amines is 1. The Balaban J connectivity index is 1.65. The normalized spacial score (nSPS) is 15.7. The number of hydrogen-bond acceptors (Lipinski definition) is 4. The molecule has 0 spiro atoms. The van der Waals surface area contributed by atoms with E-state index in [1.165, 1.54) is 5.56 Å². The summed E-state index contributed by atoms with van der Waals surface area (Å²) in [4.78, 5) is 33.0. The lowest BCUT2D eigenvalue weighted by Gasteiger charge is -2.30. The molecule has 0 atom stereocenters. The summed E-state index contributed by atoms with van der Waals surface area (Å²) in [7, 11) is 0. The van der Waals surface area contributed by atoms with Gasteiger partial charge in [-0.15, -0.1) is 0 Å². The molecular formula is C21H28N4O2. The fourth-order valence-electron chi connectivity index (χ4n) is 3.53. The molecule has 27 heavy (non-hydrogen) atoms. The number of aryl methyl sites for hydroxylation is 1. The number of piperidine rings is 1. The number of unbranched alkanes of at least 4 members (excludes halogenated alkanes) is 1. The minimum atomic E-state index is -0.179. The highest BCUT2D eigenvalue weighted by Gasteiger charge is 2.22. The van der Waals surface area contributed by atoms with Gasteiger partial charge in [0.25, 0.3) is 5.56 Å². The molecule has 1 saturated heterocycles. The van der Waals surface area contributed by atoms with Crippen LogP contribution in [-0.4, -0.2) is 33.9 Å². The first-order valence-corrected chi connectivity index (χ1v) is 9.76. The monoisotopic (exact) mass is 368 g/mol. The molecule has 1 amide bonds. The first-order chi connectivity index (χ1) is 13.0. The second-order valence-corrected chi connectivity index (χ2v) is 7.34. The molecule has 1 fully saturated rings. The van der Waals surface area contributed by atoms with E-state index in [4.69, 9.17) is 5.73 Å². The highest BCUT2D eigenvalue weighted by molar-refractivity contribution is 5.76. The smallest absolute Gasteiger partial charge is 0.251 e. The molecule has 1 aliphatic rings. The average molecular weight is 368 g/mol. The zero-order valence-corrected chi connectivity index (χ0v) is 15.9. The van der Waals surface area contributed by atoms with Gasteiger partial charge >= 0.3 is 0 Å². The van der Waals surface area contributed by atoms with Crippen LogP contribution in [0.3, 0.4) is 0 Å². The Morgan fingerprint density at radius 3 is 2.59 bits per heavy atom. The van der Waals surface area contributed by atoms with Gasteiger partial charge in [-0.1, -0.05) is 37.6 Å². The van der Waals surface area contributed by atoms with Gasteiger partial charge in [0.15, 0.2) is 0 Å². The van der Waals surface area contributed by atoms with Crippen LogP contribution in [0.1, 0.15) is 43.9 Å². The standard InChI is InChI=1S/C21H28N4O2/c1-2-3-4-18-13-19(26)24-21(23-18)17-7-5-15(6-8-17)14-25-11-9-16(10-12-25)20(22)27/h5-8,13,16H,2-4,9-12,14H2,1H3,(H2,22,27)(H,23,24,26). The molecule has 3 N–H and O–H groups in total. The van der Waals surface area contributed by atoms with E-state index in [0.717, 1.165) is 63.0 Å². The maximum Gasteiger partial charge on any atom is 0.251 e. The average Bonchev–Trinajstić information content (AvgIpc) is 2.67. The van der Waals surface area contributed by atoms with Crippen LogP contribution >= 0.6 is 0 Å². The van der Waals surface area contributed by atoms with Crippen molar-refractivity contribution in [2.75, 3.05) is 13.1 Å². The summed E-state index contributed by atoms with van der Waals surface area (Å²) in [5.74, 6) is 0.468. The highest BCUT2D eigenvalue weighted by atomic mass is 16.1. The molecule has 0 aliphatic carbocycles. The van der Waals surface area contributed by atoms with E-state index in [-0.39, 0.29) is 17.4 Å². The topological polar surface area (TPSA) is 92.1 Å². The van der Waals surface area contributed by atoms with Crippen molar-refractivity contribution < 1.29 is 4.79 Å². The van der Waals surface area contributed by atoms with E-state index in [1.54, 1.807) is 6.07 Å². The van der Waals surface area contributed by atoms with Crippen molar-refractivity contribution >= 4 is 5.91 Å². The lowest BCUT2D eigenvalue weighted by Crippen LogP contribution is -2.38. The van der Waals surface area contributed by atoms with E-state index >= 15 is 0 Å². The van der Waals surface area contributed by atoms with Crippen LogP contribution in [0.4, 0.5) is 0 Å².